The Hall–Kier alpha value is -2.84. The molecule has 0 atom stereocenters. The fraction of sp³-hybridized carbons (Fsp3) is 0.125. The quantitative estimate of drug-likeness (QED) is 0.741. The Bertz CT molecular complexity index is 685. The van der Waals surface area contributed by atoms with E-state index in [0.29, 0.717) is 11.5 Å². The molecule has 21 heavy (non-hydrogen) atoms. The lowest BCUT2D eigenvalue weighted by molar-refractivity contribution is -0.115. The molecule has 0 saturated carbocycles. The van der Waals surface area contributed by atoms with Crippen LogP contribution >= 0.6 is 0 Å². The summed E-state index contributed by atoms with van der Waals surface area (Å²) in [5, 5.41) is 20.5. The molecule has 5 nitrogen and oxygen atoms in total. The number of anilines is 1. The van der Waals surface area contributed by atoms with E-state index in [0.717, 1.165) is 5.56 Å². The third-order valence-electron chi connectivity index (χ3n) is 2.61. The van der Waals surface area contributed by atoms with Crippen molar-refractivity contribution in [3.63, 3.8) is 0 Å². The fourth-order valence-electron chi connectivity index (χ4n) is 1.69. The number of aromatic nitrogens is 1. The van der Waals surface area contributed by atoms with Crippen LogP contribution in [0.25, 0.3) is 0 Å². The van der Waals surface area contributed by atoms with Gasteiger partial charge in [0.1, 0.15) is 23.9 Å². The van der Waals surface area contributed by atoms with E-state index in [-0.39, 0.29) is 24.7 Å². The summed E-state index contributed by atoms with van der Waals surface area (Å²) in [4.78, 5) is 16.1. The van der Waals surface area contributed by atoms with E-state index in [2.05, 4.69) is 22.1 Å². The molecule has 1 aromatic carbocycles. The van der Waals surface area contributed by atoms with Crippen LogP contribution in [0, 0.1) is 11.8 Å². The fourth-order valence-corrected chi connectivity index (χ4v) is 1.69. The predicted octanol–water partition coefficient (Wildman–Crippen LogP) is 1.31. The molecule has 0 aliphatic heterocycles. The van der Waals surface area contributed by atoms with Gasteiger partial charge in [-0.1, -0.05) is 24.1 Å². The average molecular weight is 282 g/mol. The number of pyridine rings is 1. The minimum atomic E-state index is -0.237. The average Bonchev–Trinajstić information content (AvgIpc) is 2.48. The van der Waals surface area contributed by atoms with Gasteiger partial charge in [-0.3, -0.25) is 4.79 Å². The highest BCUT2D eigenvalue weighted by atomic mass is 16.3. The van der Waals surface area contributed by atoms with Crippen molar-refractivity contribution >= 4 is 11.7 Å². The van der Waals surface area contributed by atoms with Crippen molar-refractivity contribution in [2.45, 2.75) is 6.42 Å². The van der Waals surface area contributed by atoms with E-state index in [1.807, 2.05) is 0 Å². The van der Waals surface area contributed by atoms with Crippen LogP contribution in [0.2, 0.25) is 0 Å². The lowest BCUT2D eigenvalue weighted by atomic mass is 10.1. The third kappa shape index (κ3) is 4.64. The van der Waals surface area contributed by atoms with Crippen LogP contribution in [0.1, 0.15) is 11.3 Å². The summed E-state index contributed by atoms with van der Waals surface area (Å²) in [5.41, 5.74) is 1.27. The largest absolute Gasteiger partial charge is 0.508 e. The van der Waals surface area contributed by atoms with Crippen LogP contribution in [0.3, 0.4) is 0 Å². The Morgan fingerprint density at radius 2 is 1.95 bits per heavy atom. The molecule has 0 unspecified atom stereocenters. The highest BCUT2D eigenvalue weighted by Crippen LogP contribution is 2.11. The summed E-state index contributed by atoms with van der Waals surface area (Å²) in [6, 6.07) is 11.5. The Labute approximate surface area is 122 Å². The second kappa shape index (κ2) is 7.08. The van der Waals surface area contributed by atoms with E-state index < -0.39 is 0 Å². The number of aliphatic hydroxyl groups is 1. The number of phenols is 1. The lowest BCUT2D eigenvalue weighted by Gasteiger charge is -2.05. The molecule has 106 valence electrons. The first-order valence-electron chi connectivity index (χ1n) is 6.32. The van der Waals surface area contributed by atoms with Gasteiger partial charge >= 0.3 is 0 Å². The molecule has 0 bridgehead atoms. The van der Waals surface area contributed by atoms with Gasteiger partial charge in [-0.15, -0.1) is 0 Å². The summed E-state index contributed by atoms with van der Waals surface area (Å²) in [5.74, 6) is 5.53. The zero-order valence-corrected chi connectivity index (χ0v) is 11.2. The molecule has 1 heterocycles. The lowest BCUT2D eigenvalue weighted by Crippen LogP contribution is -2.15. The normalized spacial score (nSPS) is 9.57. The van der Waals surface area contributed by atoms with E-state index in [1.54, 1.807) is 30.3 Å². The predicted molar refractivity (Wildman–Crippen MR) is 78.6 cm³/mol. The maximum atomic E-state index is 11.9. The van der Waals surface area contributed by atoms with Crippen molar-refractivity contribution in [2.75, 3.05) is 11.9 Å². The standard InChI is InChI=1S/C16H14N2O3/c19-10-2-4-13-3-1-5-15(17-13)18-16(21)11-12-6-8-14(20)9-7-12/h1,3,5-9,19-20H,10-11H2,(H,17,18,21). The maximum absolute atomic E-state index is 11.9. The highest BCUT2D eigenvalue weighted by molar-refractivity contribution is 5.91. The summed E-state index contributed by atoms with van der Waals surface area (Å²) < 4.78 is 0. The van der Waals surface area contributed by atoms with E-state index >= 15 is 0 Å². The van der Waals surface area contributed by atoms with Crippen molar-refractivity contribution in [1.29, 1.82) is 0 Å². The Balaban J connectivity index is 2.00. The molecule has 0 radical (unpaired) electrons. The van der Waals surface area contributed by atoms with Crippen LogP contribution in [-0.2, 0) is 11.2 Å². The molecular formula is C16H14N2O3. The number of benzene rings is 1. The zero-order chi connectivity index (χ0) is 15.1. The Kier molecular flexibility index (Phi) is 4.91. The van der Waals surface area contributed by atoms with Crippen molar-refractivity contribution in [1.82, 2.24) is 4.98 Å². The summed E-state index contributed by atoms with van der Waals surface area (Å²) in [7, 11) is 0. The maximum Gasteiger partial charge on any atom is 0.229 e. The number of amides is 1. The van der Waals surface area contributed by atoms with Crippen LogP contribution in [-0.4, -0.2) is 27.7 Å². The Morgan fingerprint density at radius 1 is 1.19 bits per heavy atom. The van der Waals surface area contributed by atoms with Gasteiger partial charge in [-0.25, -0.2) is 4.98 Å². The number of nitrogens with zero attached hydrogens (tertiary/aromatic N) is 1. The number of carbonyl (C=O) groups excluding carboxylic acids is 1. The SMILES string of the molecule is O=C(Cc1ccc(O)cc1)Nc1cccc(C#CCO)n1. The summed E-state index contributed by atoms with van der Waals surface area (Å²) >= 11 is 0. The van der Waals surface area contributed by atoms with Crippen LogP contribution in [0.5, 0.6) is 5.75 Å². The number of hydrogen-bond acceptors (Lipinski definition) is 4. The van der Waals surface area contributed by atoms with E-state index in [1.165, 1.54) is 12.1 Å². The molecule has 1 amide bonds. The first kappa shape index (κ1) is 14.6. The second-order valence-corrected chi connectivity index (χ2v) is 4.26. The van der Waals surface area contributed by atoms with Crippen molar-refractivity contribution < 1.29 is 15.0 Å². The molecule has 0 aliphatic carbocycles. The molecule has 0 fully saturated rings. The molecule has 1 aromatic heterocycles. The number of phenolic OH excluding ortho intramolecular Hbond substituents is 1. The first-order valence-corrected chi connectivity index (χ1v) is 6.32. The number of aliphatic hydroxyl groups excluding tert-OH is 1. The number of hydrogen-bond donors (Lipinski definition) is 3. The van der Waals surface area contributed by atoms with Crippen molar-refractivity contribution in [3.05, 3.63) is 53.7 Å². The molecule has 5 heteroatoms. The van der Waals surface area contributed by atoms with Crippen LogP contribution in [0.4, 0.5) is 5.82 Å². The second-order valence-electron chi connectivity index (χ2n) is 4.26. The van der Waals surface area contributed by atoms with Gasteiger partial charge in [-0.05, 0) is 35.7 Å². The van der Waals surface area contributed by atoms with E-state index in [9.17, 15) is 9.90 Å². The van der Waals surface area contributed by atoms with Gasteiger partial charge in [0.15, 0.2) is 0 Å². The Morgan fingerprint density at radius 3 is 2.67 bits per heavy atom. The smallest absolute Gasteiger partial charge is 0.229 e. The first-order chi connectivity index (χ1) is 10.2. The molecule has 0 spiro atoms. The molecule has 3 N–H and O–H groups in total. The van der Waals surface area contributed by atoms with Gasteiger partial charge in [-0.2, -0.15) is 0 Å². The van der Waals surface area contributed by atoms with Crippen molar-refractivity contribution in [2.24, 2.45) is 0 Å². The van der Waals surface area contributed by atoms with Gasteiger partial charge in [0, 0.05) is 0 Å². The van der Waals surface area contributed by atoms with Gasteiger partial charge in [0.2, 0.25) is 5.91 Å². The van der Waals surface area contributed by atoms with Gasteiger partial charge in [0.25, 0.3) is 0 Å². The van der Waals surface area contributed by atoms with E-state index in [4.69, 9.17) is 5.11 Å². The van der Waals surface area contributed by atoms with Gasteiger partial charge in [0.05, 0.1) is 6.42 Å². The summed E-state index contributed by atoms with van der Waals surface area (Å²) in [6.07, 6.45) is 0.189. The molecular weight excluding hydrogens is 268 g/mol. The van der Waals surface area contributed by atoms with Crippen molar-refractivity contribution in [3.8, 4) is 17.6 Å². The number of aromatic hydroxyl groups is 1. The minimum Gasteiger partial charge on any atom is -0.508 e. The highest BCUT2D eigenvalue weighted by Gasteiger charge is 2.05. The number of rotatable bonds is 3. The third-order valence-corrected chi connectivity index (χ3v) is 2.61. The topological polar surface area (TPSA) is 82.5 Å². The molecule has 2 rings (SSSR count). The number of nitrogens with one attached hydrogen (secondary N) is 1. The molecule has 0 saturated heterocycles. The molecule has 0 aliphatic rings. The number of carbonyl (C=O) groups is 1. The zero-order valence-electron chi connectivity index (χ0n) is 11.2. The van der Waals surface area contributed by atoms with Crippen LogP contribution < -0.4 is 5.32 Å². The molecule has 2 aromatic rings. The van der Waals surface area contributed by atoms with Gasteiger partial charge < -0.3 is 15.5 Å². The van der Waals surface area contributed by atoms with Crippen LogP contribution in [0.15, 0.2) is 42.5 Å². The monoisotopic (exact) mass is 282 g/mol. The minimum absolute atomic E-state index is 0.163. The summed E-state index contributed by atoms with van der Waals surface area (Å²) in [6.45, 7) is -0.237.